The molecule has 4 nitrogen and oxygen atoms in total. The van der Waals surface area contributed by atoms with Gasteiger partial charge in [0, 0.05) is 23.0 Å². The number of hydrogen-bond acceptors (Lipinski definition) is 5. The summed E-state index contributed by atoms with van der Waals surface area (Å²) >= 11 is 1.65. The minimum Gasteiger partial charge on any atom is -0.491 e. The van der Waals surface area contributed by atoms with E-state index in [1.54, 1.807) is 18.0 Å². The van der Waals surface area contributed by atoms with E-state index in [0.717, 1.165) is 72.8 Å². The summed E-state index contributed by atoms with van der Waals surface area (Å²) in [6.45, 7) is 3.87. The first kappa shape index (κ1) is 34.4. The zero-order chi connectivity index (χ0) is 24.7. The van der Waals surface area contributed by atoms with Gasteiger partial charge in [-0.3, -0.25) is 9.88 Å². The van der Waals surface area contributed by atoms with Crippen LogP contribution in [0.1, 0.15) is 49.7 Å². The normalized spacial score (nSPS) is 13.8. The van der Waals surface area contributed by atoms with E-state index in [9.17, 15) is 13.2 Å². The van der Waals surface area contributed by atoms with Crippen molar-refractivity contribution >= 4 is 65.6 Å². The lowest BCUT2D eigenvalue weighted by Crippen LogP contribution is -2.29. The number of nitrogen functional groups attached to an aromatic ring is 1. The number of anilines is 1. The Morgan fingerprint density at radius 2 is 1.68 bits per heavy atom. The predicted molar refractivity (Wildman–Crippen MR) is 159 cm³/mol. The average Bonchev–Trinajstić information content (AvgIpc) is 2.84. The number of fused-ring (bicyclic) bond motifs is 1. The second kappa shape index (κ2) is 16.5. The number of halogens is 6. The quantitative estimate of drug-likeness (QED) is 0.141. The van der Waals surface area contributed by atoms with Crippen LogP contribution in [-0.4, -0.2) is 35.3 Å². The molecule has 0 amide bonds. The lowest BCUT2D eigenvalue weighted by Gasteiger charge is -2.26. The molecule has 1 aromatic heterocycles. The van der Waals surface area contributed by atoms with Crippen LogP contribution >= 0.6 is 49.0 Å². The van der Waals surface area contributed by atoms with Gasteiger partial charge in [-0.2, -0.15) is 13.2 Å². The number of unbranched alkanes of at least 4 members (excludes halogenated alkanes) is 2. The highest BCUT2D eigenvalue weighted by Crippen LogP contribution is 2.34. The predicted octanol–water partition coefficient (Wildman–Crippen LogP) is 8.43. The van der Waals surface area contributed by atoms with Crippen molar-refractivity contribution in [1.29, 1.82) is 0 Å². The molecular weight excluding hydrogens is 578 g/mol. The fourth-order valence-corrected chi connectivity index (χ4v) is 5.43. The number of aromatic nitrogens is 1. The van der Waals surface area contributed by atoms with Crippen LogP contribution in [0.5, 0.6) is 5.75 Å². The Labute approximate surface area is 245 Å². The summed E-state index contributed by atoms with van der Waals surface area (Å²) < 4.78 is 44.7. The number of thioether (sulfide) groups is 1. The summed E-state index contributed by atoms with van der Waals surface area (Å²) in [6.07, 6.45) is 4.00. The molecule has 0 unspecified atom stereocenters. The number of nitrogens with two attached hydrogens (primary N) is 1. The molecule has 1 aliphatic rings. The van der Waals surface area contributed by atoms with Gasteiger partial charge in [-0.05, 0) is 86.8 Å². The van der Waals surface area contributed by atoms with Crippen LogP contribution in [0, 0.1) is 0 Å². The number of benzene rings is 2. The van der Waals surface area contributed by atoms with Crippen molar-refractivity contribution in [3.05, 3.63) is 59.8 Å². The molecule has 0 atom stereocenters. The van der Waals surface area contributed by atoms with Gasteiger partial charge >= 0.3 is 6.18 Å². The van der Waals surface area contributed by atoms with E-state index in [2.05, 4.69) is 16.0 Å². The first-order valence-corrected chi connectivity index (χ1v) is 13.2. The van der Waals surface area contributed by atoms with Gasteiger partial charge in [-0.25, -0.2) is 0 Å². The molecular formula is C27H35Cl3F3N3OS. The number of pyridine rings is 1. The number of nitrogens with zero attached hydrogens (tertiary/aromatic N) is 2. The summed E-state index contributed by atoms with van der Waals surface area (Å²) in [5.41, 5.74) is 7.84. The van der Waals surface area contributed by atoms with Gasteiger partial charge in [0.15, 0.2) is 0 Å². The summed E-state index contributed by atoms with van der Waals surface area (Å²) in [5.74, 6) is 1.62. The number of hydrogen-bond donors (Lipinski definition) is 1. The smallest absolute Gasteiger partial charge is 0.416 e. The molecule has 0 bridgehead atoms. The van der Waals surface area contributed by atoms with Gasteiger partial charge in [0.25, 0.3) is 0 Å². The molecule has 11 heteroatoms. The minimum absolute atomic E-state index is 0. The Morgan fingerprint density at radius 3 is 2.39 bits per heavy atom. The third kappa shape index (κ3) is 9.87. The van der Waals surface area contributed by atoms with Crippen molar-refractivity contribution < 1.29 is 17.9 Å². The molecule has 38 heavy (non-hydrogen) atoms. The first-order chi connectivity index (χ1) is 16.9. The van der Waals surface area contributed by atoms with Crippen LogP contribution in [-0.2, 0) is 12.7 Å². The Kier molecular flexibility index (Phi) is 15.0. The molecule has 2 aromatic carbocycles. The third-order valence-corrected chi connectivity index (χ3v) is 7.42. The standard InChI is InChI=1S/C27H32F3N3OS.3ClH/c28-27(29,30)21-8-9-22-24(18-21)32-12-11-26(22)35-16-6-2-5-15-34-25-10-7-20(17-23(25)31)19-33-13-3-1-4-14-33;;;/h7-12,17-18H,1-6,13-16,19,31H2;3*1H. The lowest BCUT2D eigenvalue weighted by atomic mass is 10.1. The number of rotatable bonds is 10. The van der Waals surface area contributed by atoms with E-state index in [0.29, 0.717) is 17.8 Å². The monoisotopic (exact) mass is 611 g/mol. The van der Waals surface area contributed by atoms with Gasteiger partial charge in [0.1, 0.15) is 5.75 Å². The highest BCUT2D eigenvalue weighted by molar-refractivity contribution is 7.99. The Bertz CT molecular complexity index is 1130. The van der Waals surface area contributed by atoms with Crippen molar-refractivity contribution in [2.24, 2.45) is 0 Å². The summed E-state index contributed by atoms with van der Waals surface area (Å²) in [6, 6.07) is 11.7. The molecule has 3 aromatic rings. The van der Waals surface area contributed by atoms with E-state index in [1.807, 2.05) is 18.2 Å². The molecule has 1 fully saturated rings. The molecule has 0 spiro atoms. The summed E-state index contributed by atoms with van der Waals surface area (Å²) in [4.78, 5) is 7.55. The van der Waals surface area contributed by atoms with Crippen molar-refractivity contribution in [3.8, 4) is 5.75 Å². The second-order valence-corrected chi connectivity index (χ2v) is 10.1. The highest BCUT2D eigenvalue weighted by Gasteiger charge is 2.30. The second-order valence-electron chi connectivity index (χ2n) is 9.01. The van der Waals surface area contributed by atoms with E-state index in [1.165, 1.54) is 30.9 Å². The SMILES string of the molecule is Cl.Cl.Cl.Nc1cc(CN2CCCCC2)ccc1OCCCCCSc1ccnc2cc(C(F)(F)F)ccc12. The first-order valence-electron chi connectivity index (χ1n) is 12.2. The third-order valence-electron chi connectivity index (χ3n) is 6.26. The van der Waals surface area contributed by atoms with E-state index >= 15 is 0 Å². The summed E-state index contributed by atoms with van der Waals surface area (Å²) in [7, 11) is 0. The molecule has 2 N–H and O–H groups in total. The van der Waals surface area contributed by atoms with E-state index < -0.39 is 11.7 Å². The lowest BCUT2D eigenvalue weighted by molar-refractivity contribution is -0.137. The average molecular weight is 613 g/mol. The maximum atomic E-state index is 12.9. The zero-order valence-corrected chi connectivity index (χ0v) is 24.3. The highest BCUT2D eigenvalue weighted by atomic mass is 35.5. The fourth-order valence-electron chi connectivity index (χ4n) is 4.37. The molecule has 1 aliphatic heterocycles. The molecule has 0 aliphatic carbocycles. The van der Waals surface area contributed by atoms with Crippen molar-refractivity contribution in [3.63, 3.8) is 0 Å². The van der Waals surface area contributed by atoms with E-state index in [4.69, 9.17) is 10.5 Å². The maximum absolute atomic E-state index is 12.9. The zero-order valence-electron chi connectivity index (χ0n) is 21.0. The molecule has 1 saturated heterocycles. The van der Waals surface area contributed by atoms with Crippen LogP contribution in [0.3, 0.4) is 0 Å². The number of ether oxygens (including phenoxy) is 1. The number of alkyl halides is 3. The van der Waals surface area contributed by atoms with Crippen LogP contribution < -0.4 is 10.5 Å². The summed E-state index contributed by atoms with van der Waals surface area (Å²) in [5, 5.41) is 0.757. The maximum Gasteiger partial charge on any atom is 0.416 e. The van der Waals surface area contributed by atoms with Crippen LogP contribution in [0.4, 0.5) is 18.9 Å². The van der Waals surface area contributed by atoms with E-state index in [-0.39, 0.29) is 37.2 Å². The molecule has 2 heterocycles. The molecule has 212 valence electrons. The van der Waals surface area contributed by atoms with Gasteiger partial charge in [0.05, 0.1) is 23.4 Å². The van der Waals surface area contributed by atoms with Crippen LogP contribution in [0.15, 0.2) is 53.6 Å². The van der Waals surface area contributed by atoms with Gasteiger partial charge < -0.3 is 10.5 Å². The van der Waals surface area contributed by atoms with Crippen molar-refractivity contribution in [1.82, 2.24) is 9.88 Å². The Balaban J connectivity index is 0.00000241. The number of piperidine rings is 1. The number of likely N-dealkylation sites (tertiary alicyclic amines) is 1. The van der Waals surface area contributed by atoms with Gasteiger partial charge in [-0.15, -0.1) is 49.0 Å². The van der Waals surface area contributed by atoms with Crippen LogP contribution in [0.2, 0.25) is 0 Å². The Hall–Kier alpha value is -1.58. The fraction of sp³-hybridized carbons (Fsp3) is 0.444. The van der Waals surface area contributed by atoms with Crippen molar-refractivity contribution in [2.45, 2.75) is 56.1 Å². The Morgan fingerprint density at radius 1 is 0.921 bits per heavy atom. The largest absolute Gasteiger partial charge is 0.491 e. The molecule has 0 saturated carbocycles. The van der Waals surface area contributed by atoms with Crippen LogP contribution in [0.25, 0.3) is 10.9 Å². The van der Waals surface area contributed by atoms with Gasteiger partial charge in [0.2, 0.25) is 0 Å². The molecule has 0 radical (unpaired) electrons. The minimum atomic E-state index is -4.36. The van der Waals surface area contributed by atoms with Gasteiger partial charge in [-0.1, -0.05) is 18.6 Å². The topological polar surface area (TPSA) is 51.4 Å². The molecule has 4 rings (SSSR count). The van der Waals surface area contributed by atoms with Crippen molar-refractivity contribution in [2.75, 3.05) is 31.2 Å².